The highest BCUT2D eigenvalue weighted by molar-refractivity contribution is 7.89. The van der Waals surface area contributed by atoms with Crippen molar-refractivity contribution in [3.8, 4) is 5.75 Å². The summed E-state index contributed by atoms with van der Waals surface area (Å²) in [6, 6.07) is 3.03. The Kier molecular flexibility index (Phi) is 6.33. The Balaban J connectivity index is 0.00000243. The van der Waals surface area contributed by atoms with E-state index in [-0.39, 0.29) is 18.4 Å². The van der Waals surface area contributed by atoms with Gasteiger partial charge in [-0.05, 0) is 37.1 Å². The number of ether oxygens (including phenoxy) is 1. The fraction of sp³-hybridized carbons (Fsp3) is 0.471. The fourth-order valence-electron chi connectivity index (χ4n) is 3.41. The number of nitrogens with one attached hydrogen (secondary N) is 1. The summed E-state index contributed by atoms with van der Waals surface area (Å²) in [5.74, 6) is 1.46. The highest BCUT2D eigenvalue weighted by atomic mass is 35.5. The number of halogens is 1. The lowest BCUT2D eigenvalue weighted by Gasteiger charge is -2.34. The van der Waals surface area contributed by atoms with Gasteiger partial charge in [-0.1, -0.05) is 0 Å². The molecule has 1 fully saturated rings. The average Bonchev–Trinajstić information content (AvgIpc) is 3.00. The predicted octanol–water partition coefficient (Wildman–Crippen LogP) is 1.80. The second-order valence-corrected chi connectivity index (χ2v) is 8.21. The molecule has 1 aromatic heterocycles. The van der Waals surface area contributed by atoms with E-state index in [1.54, 1.807) is 29.7 Å². The molecule has 0 bridgehead atoms. The molecule has 1 atom stereocenters. The molecule has 0 aliphatic carbocycles. The van der Waals surface area contributed by atoms with Crippen LogP contribution in [0.3, 0.4) is 0 Å². The van der Waals surface area contributed by atoms with Crippen LogP contribution in [-0.2, 0) is 17.1 Å². The Labute approximate surface area is 160 Å². The first-order chi connectivity index (χ1) is 11.9. The second-order valence-electron chi connectivity index (χ2n) is 6.32. The zero-order valence-electron chi connectivity index (χ0n) is 15.4. The molecule has 2 heterocycles. The molecular formula is C17H25ClN4O3S. The molecule has 1 saturated heterocycles. The van der Waals surface area contributed by atoms with Crippen LogP contribution in [0.25, 0.3) is 0 Å². The van der Waals surface area contributed by atoms with Crippen LogP contribution < -0.4 is 10.1 Å². The first-order valence-corrected chi connectivity index (χ1v) is 9.65. The van der Waals surface area contributed by atoms with Crippen molar-refractivity contribution >= 4 is 22.4 Å². The van der Waals surface area contributed by atoms with Crippen LogP contribution in [0.2, 0.25) is 0 Å². The number of benzene rings is 1. The summed E-state index contributed by atoms with van der Waals surface area (Å²) in [5.41, 5.74) is 1.62. The number of methoxy groups -OCH3 is 1. The molecule has 1 unspecified atom stereocenters. The highest BCUT2D eigenvalue weighted by Gasteiger charge is 2.36. The summed E-state index contributed by atoms with van der Waals surface area (Å²) in [7, 11) is -0.167. The van der Waals surface area contributed by atoms with Crippen molar-refractivity contribution in [3.05, 3.63) is 41.5 Å². The number of rotatable bonds is 4. The summed E-state index contributed by atoms with van der Waals surface area (Å²) < 4.78 is 35.4. The first-order valence-electron chi connectivity index (χ1n) is 8.21. The van der Waals surface area contributed by atoms with Crippen molar-refractivity contribution in [3.63, 3.8) is 0 Å². The maximum absolute atomic E-state index is 13.3. The number of imidazole rings is 1. The fourth-order valence-corrected chi connectivity index (χ4v) is 5.17. The summed E-state index contributed by atoms with van der Waals surface area (Å²) in [6.45, 7) is 5.29. The van der Waals surface area contributed by atoms with E-state index in [2.05, 4.69) is 10.3 Å². The van der Waals surface area contributed by atoms with Crippen LogP contribution in [0.4, 0.5) is 0 Å². The molecule has 144 valence electrons. The molecule has 0 amide bonds. The molecule has 0 radical (unpaired) electrons. The smallest absolute Gasteiger partial charge is 0.243 e. The van der Waals surface area contributed by atoms with Crippen molar-refractivity contribution in [1.82, 2.24) is 19.2 Å². The van der Waals surface area contributed by atoms with Crippen LogP contribution in [0.1, 0.15) is 23.0 Å². The number of aromatic nitrogens is 2. The van der Waals surface area contributed by atoms with Gasteiger partial charge in [0.15, 0.2) is 0 Å². The Morgan fingerprint density at radius 1 is 1.27 bits per heavy atom. The Morgan fingerprint density at radius 3 is 2.46 bits per heavy atom. The van der Waals surface area contributed by atoms with E-state index in [1.807, 2.05) is 31.7 Å². The molecular weight excluding hydrogens is 376 g/mol. The van der Waals surface area contributed by atoms with Crippen molar-refractivity contribution in [2.24, 2.45) is 7.05 Å². The Hall–Kier alpha value is -1.61. The van der Waals surface area contributed by atoms with E-state index < -0.39 is 10.0 Å². The van der Waals surface area contributed by atoms with Gasteiger partial charge in [0.1, 0.15) is 11.6 Å². The lowest BCUT2D eigenvalue weighted by Crippen LogP contribution is -2.49. The van der Waals surface area contributed by atoms with Gasteiger partial charge in [0, 0.05) is 39.1 Å². The van der Waals surface area contributed by atoms with E-state index in [9.17, 15) is 8.42 Å². The molecule has 26 heavy (non-hydrogen) atoms. The zero-order chi connectivity index (χ0) is 18.2. The van der Waals surface area contributed by atoms with Gasteiger partial charge in [0.2, 0.25) is 10.0 Å². The van der Waals surface area contributed by atoms with E-state index in [1.165, 1.54) is 0 Å². The van der Waals surface area contributed by atoms with Crippen LogP contribution in [0.15, 0.2) is 29.4 Å². The first kappa shape index (κ1) is 20.7. The summed E-state index contributed by atoms with van der Waals surface area (Å²) >= 11 is 0. The minimum atomic E-state index is -3.64. The SMILES string of the molecule is COc1c(C)cc(S(=O)(=O)N2CCNCC2c2nccn2C)cc1C.Cl. The molecule has 2 aromatic rings. The predicted molar refractivity (Wildman–Crippen MR) is 102 cm³/mol. The van der Waals surface area contributed by atoms with Crippen molar-refractivity contribution in [2.75, 3.05) is 26.7 Å². The van der Waals surface area contributed by atoms with Gasteiger partial charge < -0.3 is 14.6 Å². The van der Waals surface area contributed by atoms with Gasteiger partial charge in [0.05, 0.1) is 18.0 Å². The largest absolute Gasteiger partial charge is 0.496 e. The normalized spacial score (nSPS) is 18.4. The molecule has 0 spiro atoms. The number of piperazine rings is 1. The van der Waals surface area contributed by atoms with Crippen LogP contribution >= 0.6 is 12.4 Å². The third-order valence-corrected chi connectivity index (χ3v) is 6.48. The molecule has 0 saturated carbocycles. The number of hydrogen-bond donors (Lipinski definition) is 1. The number of nitrogens with zero attached hydrogens (tertiary/aromatic N) is 3. The quantitative estimate of drug-likeness (QED) is 0.846. The minimum Gasteiger partial charge on any atom is -0.496 e. The molecule has 9 heteroatoms. The second kappa shape index (κ2) is 7.96. The topological polar surface area (TPSA) is 76.5 Å². The van der Waals surface area contributed by atoms with Crippen LogP contribution in [-0.4, -0.2) is 49.0 Å². The average molecular weight is 401 g/mol. The standard InChI is InChI=1S/C17H24N4O3S.ClH/c1-12-9-14(10-13(2)16(12)24-4)25(22,23)21-8-5-18-11-15(21)17-19-6-7-20(17)3;/h6-7,9-10,15,18H,5,8,11H2,1-4H3;1H. The third-order valence-electron chi connectivity index (χ3n) is 4.60. The summed E-state index contributed by atoms with van der Waals surface area (Å²) in [5, 5.41) is 3.27. The number of sulfonamides is 1. The minimum absolute atomic E-state index is 0. The molecule has 7 nitrogen and oxygen atoms in total. The van der Waals surface area contributed by atoms with E-state index >= 15 is 0 Å². The Bertz CT molecular complexity index is 859. The maximum Gasteiger partial charge on any atom is 0.243 e. The van der Waals surface area contributed by atoms with Crippen molar-refractivity contribution in [2.45, 2.75) is 24.8 Å². The van der Waals surface area contributed by atoms with E-state index in [0.717, 1.165) is 22.7 Å². The Morgan fingerprint density at radius 2 is 1.92 bits per heavy atom. The van der Waals surface area contributed by atoms with Crippen LogP contribution in [0.5, 0.6) is 5.75 Å². The molecule has 1 N–H and O–H groups in total. The zero-order valence-corrected chi connectivity index (χ0v) is 17.0. The van der Waals surface area contributed by atoms with Crippen molar-refractivity contribution < 1.29 is 13.2 Å². The van der Waals surface area contributed by atoms with Gasteiger partial charge >= 0.3 is 0 Å². The lowest BCUT2D eigenvalue weighted by molar-refractivity contribution is 0.258. The summed E-state index contributed by atoms with van der Waals surface area (Å²) in [4.78, 5) is 4.65. The highest BCUT2D eigenvalue weighted by Crippen LogP contribution is 2.32. The monoisotopic (exact) mass is 400 g/mol. The lowest BCUT2D eigenvalue weighted by atomic mass is 10.1. The molecule has 1 aliphatic heterocycles. The molecule has 3 rings (SSSR count). The van der Waals surface area contributed by atoms with Gasteiger partial charge in [-0.2, -0.15) is 4.31 Å². The van der Waals surface area contributed by atoms with E-state index in [0.29, 0.717) is 24.5 Å². The van der Waals surface area contributed by atoms with Crippen LogP contribution in [0, 0.1) is 13.8 Å². The van der Waals surface area contributed by atoms with Gasteiger partial charge in [-0.3, -0.25) is 0 Å². The van der Waals surface area contributed by atoms with Gasteiger partial charge in [-0.15, -0.1) is 12.4 Å². The third kappa shape index (κ3) is 3.59. The van der Waals surface area contributed by atoms with E-state index in [4.69, 9.17) is 4.74 Å². The molecule has 1 aromatic carbocycles. The van der Waals surface area contributed by atoms with Gasteiger partial charge in [0.25, 0.3) is 0 Å². The van der Waals surface area contributed by atoms with Crippen molar-refractivity contribution in [1.29, 1.82) is 0 Å². The molecule has 1 aliphatic rings. The maximum atomic E-state index is 13.3. The van der Waals surface area contributed by atoms with Gasteiger partial charge in [-0.25, -0.2) is 13.4 Å². The number of hydrogen-bond acceptors (Lipinski definition) is 5. The number of aryl methyl sites for hydroxylation is 3. The summed E-state index contributed by atoms with van der Waals surface area (Å²) in [6.07, 6.45) is 3.52.